The lowest BCUT2D eigenvalue weighted by atomic mass is 10.4. The molecule has 0 aromatic heterocycles. The third-order valence-corrected chi connectivity index (χ3v) is 1.99. The average Bonchev–Trinajstić information content (AvgIpc) is 2.14. The molecule has 1 aliphatic heterocycles. The highest BCUT2D eigenvalue weighted by atomic mass is 127. The summed E-state index contributed by atoms with van der Waals surface area (Å²) in [6.45, 7) is 0.530. The lowest BCUT2D eigenvalue weighted by Gasteiger charge is -1.96. The van der Waals surface area contributed by atoms with E-state index in [9.17, 15) is 4.79 Å². The van der Waals surface area contributed by atoms with Gasteiger partial charge in [0.15, 0.2) is 0 Å². The van der Waals surface area contributed by atoms with Crippen LogP contribution in [0.5, 0.6) is 0 Å². The largest absolute Gasteiger partial charge is 0.447 e. The second kappa shape index (κ2) is 2.52. The van der Waals surface area contributed by atoms with Crippen molar-refractivity contribution in [2.45, 2.75) is 6.04 Å². The van der Waals surface area contributed by atoms with Crippen LogP contribution in [0.15, 0.2) is 0 Å². The van der Waals surface area contributed by atoms with Gasteiger partial charge in [-0.15, -0.1) is 0 Å². The molecule has 0 spiro atoms. The van der Waals surface area contributed by atoms with E-state index in [0.717, 1.165) is 4.43 Å². The Kier molecular flexibility index (Phi) is 1.93. The molecule has 0 saturated carbocycles. The van der Waals surface area contributed by atoms with Gasteiger partial charge in [-0.25, -0.2) is 4.79 Å². The Morgan fingerprint density at radius 3 is 3.00 bits per heavy atom. The van der Waals surface area contributed by atoms with Gasteiger partial charge in [-0.05, 0) is 0 Å². The predicted molar refractivity (Wildman–Crippen MR) is 37.2 cm³/mol. The quantitative estimate of drug-likeness (QED) is 0.524. The number of hydrogen-bond donors (Lipinski definition) is 1. The number of cyclic esters (lactones) is 1. The van der Waals surface area contributed by atoms with Gasteiger partial charge in [0.05, 0.1) is 6.04 Å². The van der Waals surface area contributed by atoms with Gasteiger partial charge in [0.25, 0.3) is 0 Å². The van der Waals surface area contributed by atoms with Crippen molar-refractivity contribution in [3.8, 4) is 0 Å². The summed E-state index contributed by atoms with van der Waals surface area (Å²) in [5, 5.41) is 2.63. The highest BCUT2D eigenvalue weighted by Crippen LogP contribution is 1.99. The maximum Gasteiger partial charge on any atom is 0.407 e. The second-order valence-electron chi connectivity index (χ2n) is 1.59. The van der Waals surface area contributed by atoms with E-state index in [1.807, 2.05) is 0 Å². The first kappa shape index (κ1) is 6.12. The number of ether oxygens (including phenoxy) is 1. The molecule has 1 rings (SSSR count). The van der Waals surface area contributed by atoms with Crippen LogP contribution in [0, 0.1) is 0 Å². The molecule has 1 amide bonds. The Labute approximate surface area is 60.9 Å². The van der Waals surface area contributed by atoms with Crippen LogP contribution in [0.3, 0.4) is 0 Å². The molecule has 46 valence electrons. The van der Waals surface area contributed by atoms with Crippen LogP contribution in [0.4, 0.5) is 4.79 Å². The van der Waals surface area contributed by atoms with Gasteiger partial charge in [-0.1, -0.05) is 22.6 Å². The van der Waals surface area contributed by atoms with Crippen molar-refractivity contribution in [2.24, 2.45) is 0 Å². The van der Waals surface area contributed by atoms with E-state index in [0.29, 0.717) is 6.61 Å². The van der Waals surface area contributed by atoms with Crippen LogP contribution in [-0.2, 0) is 4.74 Å². The Hall–Kier alpha value is -0.0000000000000000555. The topological polar surface area (TPSA) is 38.3 Å². The summed E-state index contributed by atoms with van der Waals surface area (Å²) >= 11 is 2.20. The Morgan fingerprint density at radius 1 is 2.00 bits per heavy atom. The number of carbonyl (C=O) groups excluding carboxylic acids is 1. The van der Waals surface area contributed by atoms with Crippen LogP contribution >= 0.6 is 22.6 Å². The van der Waals surface area contributed by atoms with Crippen molar-refractivity contribution in [1.82, 2.24) is 5.32 Å². The first-order valence-corrected chi connectivity index (χ1v) is 3.84. The van der Waals surface area contributed by atoms with Gasteiger partial charge in [-0.2, -0.15) is 0 Å². The van der Waals surface area contributed by atoms with Crippen molar-refractivity contribution in [1.29, 1.82) is 0 Å². The van der Waals surface area contributed by atoms with Gasteiger partial charge in [0.1, 0.15) is 6.61 Å². The first-order chi connectivity index (χ1) is 3.83. The molecule has 3 nitrogen and oxygen atoms in total. The van der Waals surface area contributed by atoms with E-state index in [4.69, 9.17) is 0 Å². The van der Waals surface area contributed by atoms with Crippen LogP contribution in [-0.4, -0.2) is 23.2 Å². The smallest absolute Gasteiger partial charge is 0.407 e. The monoisotopic (exact) mass is 227 g/mol. The van der Waals surface area contributed by atoms with Gasteiger partial charge in [0.2, 0.25) is 0 Å². The molecule has 0 aliphatic carbocycles. The fourth-order valence-corrected chi connectivity index (χ4v) is 0.984. The third-order valence-electron chi connectivity index (χ3n) is 0.924. The number of carbonyl (C=O) groups is 1. The van der Waals surface area contributed by atoms with Crippen molar-refractivity contribution >= 4 is 28.7 Å². The zero-order valence-corrected chi connectivity index (χ0v) is 6.34. The van der Waals surface area contributed by atoms with Crippen LogP contribution in [0.1, 0.15) is 0 Å². The lowest BCUT2D eigenvalue weighted by molar-refractivity contribution is 0.177. The molecule has 0 aromatic rings. The number of alkyl carbamates (subject to hydrolysis) is 1. The fourth-order valence-electron chi connectivity index (χ4n) is 0.509. The number of amides is 1. The third kappa shape index (κ3) is 1.24. The summed E-state index contributed by atoms with van der Waals surface area (Å²) in [6, 6.07) is 0.239. The zero-order valence-electron chi connectivity index (χ0n) is 4.19. The van der Waals surface area contributed by atoms with Gasteiger partial charge < -0.3 is 10.1 Å². The van der Waals surface area contributed by atoms with E-state index in [2.05, 4.69) is 32.6 Å². The maximum absolute atomic E-state index is 10.3. The number of halogens is 1. The predicted octanol–water partition coefficient (Wildman–Crippen LogP) is 0.530. The number of rotatable bonds is 1. The molecule has 1 heterocycles. The SMILES string of the molecule is O=C1N[C@@H](CI)CO1. The minimum Gasteiger partial charge on any atom is -0.447 e. The molecule has 4 heteroatoms. The molecule has 1 N–H and O–H groups in total. The zero-order chi connectivity index (χ0) is 5.98. The van der Waals surface area contributed by atoms with Crippen LogP contribution in [0.2, 0.25) is 0 Å². The molecule has 0 aromatic carbocycles. The molecule has 0 bridgehead atoms. The molecule has 0 unspecified atom stereocenters. The second-order valence-corrected chi connectivity index (χ2v) is 2.47. The Bertz CT molecular complexity index is 106. The van der Waals surface area contributed by atoms with E-state index < -0.39 is 0 Å². The summed E-state index contributed by atoms with van der Waals surface area (Å²) in [5.74, 6) is 0. The fraction of sp³-hybridized carbons (Fsp3) is 0.750. The highest BCUT2D eigenvalue weighted by molar-refractivity contribution is 14.1. The van der Waals surface area contributed by atoms with E-state index in [1.54, 1.807) is 0 Å². The standard InChI is InChI=1S/C4H6INO2/c5-1-3-2-8-4(7)6-3/h3H,1-2H2,(H,6,7)/t3-/m0/s1. The number of nitrogens with one attached hydrogen (secondary N) is 1. The summed E-state index contributed by atoms with van der Waals surface area (Å²) in [5.41, 5.74) is 0. The molecule has 1 aliphatic rings. The van der Waals surface area contributed by atoms with Gasteiger partial charge in [0, 0.05) is 4.43 Å². The van der Waals surface area contributed by atoms with Gasteiger partial charge in [-0.3, -0.25) is 0 Å². The summed E-state index contributed by atoms with van der Waals surface area (Å²) in [6.07, 6.45) is -0.285. The summed E-state index contributed by atoms with van der Waals surface area (Å²) in [4.78, 5) is 10.3. The lowest BCUT2D eigenvalue weighted by Crippen LogP contribution is -2.26. The van der Waals surface area contributed by atoms with Crippen molar-refractivity contribution in [2.75, 3.05) is 11.0 Å². The molecule has 1 atom stereocenters. The minimum atomic E-state index is -0.285. The molecule has 0 radical (unpaired) electrons. The minimum absolute atomic E-state index is 0.239. The highest BCUT2D eigenvalue weighted by Gasteiger charge is 2.19. The normalized spacial score (nSPS) is 27.1. The van der Waals surface area contributed by atoms with Crippen molar-refractivity contribution < 1.29 is 9.53 Å². The molecule has 1 fully saturated rings. The maximum atomic E-state index is 10.3. The van der Waals surface area contributed by atoms with E-state index >= 15 is 0 Å². The van der Waals surface area contributed by atoms with E-state index in [1.165, 1.54) is 0 Å². The number of alkyl halides is 1. The Morgan fingerprint density at radius 2 is 2.75 bits per heavy atom. The molecule has 8 heavy (non-hydrogen) atoms. The van der Waals surface area contributed by atoms with Crippen molar-refractivity contribution in [3.05, 3.63) is 0 Å². The van der Waals surface area contributed by atoms with Crippen LogP contribution < -0.4 is 5.32 Å². The van der Waals surface area contributed by atoms with E-state index in [-0.39, 0.29) is 12.1 Å². The molecule has 1 saturated heterocycles. The average molecular weight is 227 g/mol. The van der Waals surface area contributed by atoms with Crippen molar-refractivity contribution in [3.63, 3.8) is 0 Å². The first-order valence-electron chi connectivity index (χ1n) is 2.32. The van der Waals surface area contributed by atoms with Gasteiger partial charge >= 0.3 is 6.09 Å². The summed E-state index contributed by atoms with van der Waals surface area (Å²) < 4.78 is 5.52. The van der Waals surface area contributed by atoms with Crippen LogP contribution in [0.25, 0.3) is 0 Å². The molecular formula is C4H6INO2. The Balaban J connectivity index is 2.32. The molecular weight excluding hydrogens is 221 g/mol. The number of hydrogen-bond acceptors (Lipinski definition) is 2. The summed E-state index contributed by atoms with van der Waals surface area (Å²) in [7, 11) is 0.